The highest BCUT2D eigenvalue weighted by Gasteiger charge is 2.72. The Labute approximate surface area is 244 Å². The summed E-state index contributed by atoms with van der Waals surface area (Å²) < 4.78 is 6.55. The van der Waals surface area contributed by atoms with Crippen molar-refractivity contribution < 1.29 is 19.1 Å². The third-order valence-corrected chi connectivity index (χ3v) is 9.60. The summed E-state index contributed by atoms with van der Waals surface area (Å²) in [6.07, 6.45) is 2.29. The Morgan fingerprint density at radius 1 is 1.17 bits per heavy atom. The van der Waals surface area contributed by atoms with E-state index in [1.54, 1.807) is 22.4 Å². The summed E-state index contributed by atoms with van der Waals surface area (Å²) in [7, 11) is 0. The Kier molecular flexibility index (Phi) is 6.41. The summed E-state index contributed by atoms with van der Waals surface area (Å²) in [5.41, 5.74) is 4.74. The lowest BCUT2D eigenvalue weighted by Gasteiger charge is -2.25. The average Bonchev–Trinajstić information content (AvgIpc) is 3.29. The number of rotatable bonds is 5. The van der Waals surface area contributed by atoms with Crippen LogP contribution in [0.2, 0.25) is 0 Å². The van der Waals surface area contributed by atoms with Gasteiger partial charge in [0.2, 0.25) is 11.8 Å². The molecule has 9 nitrogen and oxygen atoms in total. The van der Waals surface area contributed by atoms with E-state index in [2.05, 4.69) is 23.3 Å². The van der Waals surface area contributed by atoms with Gasteiger partial charge >= 0.3 is 6.09 Å². The van der Waals surface area contributed by atoms with Gasteiger partial charge in [-0.05, 0) is 70.2 Å². The minimum absolute atomic E-state index is 0.0589. The molecule has 6 rings (SSSR count). The molecule has 2 saturated heterocycles. The molecule has 3 unspecified atom stereocenters. The number of likely N-dealkylation sites (tertiary alicyclic amines) is 2. The van der Waals surface area contributed by atoms with E-state index in [1.807, 2.05) is 53.7 Å². The van der Waals surface area contributed by atoms with E-state index in [4.69, 9.17) is 9.72 Å². The van der Waals surface area contributed by atoms with Gasteiger partial charge in [0.1, 0.15) is 5.60 Å². The molecule has 10 heteroatoms. The van der Waals surface area contributed by atoms with Crippen LogP contribution in [0.15, 0.2) is 24.4 Å². The first-order valence-electron chi connectivity index (χ1n) is 14.2. The first-order valence-corrected chi connectivity index (χ1v) is 15.0. The number of pyridine rings is 2. The summed E-state index contributed by atoms with van der Waals surface area (Å²) >= 11 is 1.55. The number of ether oxygens (including phenoxy) is 1. The number of anilines is 1. The molecule has 3 aliphatic rings. The zero-order chi connectivity index (χ0) is 29.4. The Bertz CT molecular complexity index is 1570. The molecular weight excluding hydrogens is 538 g/mol. The molecule has 1 N–H and O–H groups in total. The van der Waals surface area contributed by atoms with Crippen molar-refractivity contribution in [1.29, 1.82) is 0 Å². The van der Waals surface area contributed by atoms with Gasteiger partial charge in [-0.3, -0.25) is 24.5 Å². The number of piperidine rings is 1. The Morgan fingerprint density at radius 3 is 2.56 bits per heavy atom. The highest BCUT2D eigenvalue weighted by Crippen LogP contribution is 2.63. The highest BCUT2D eigenvalue weighted by atomic mass is 32.1. The molecule has 3 aromatic heterocycles. The standard InChI is InChI=1S/C31H37N5O4S/c1-16-12-17(2)33-25(24(16)34-18-9-11-35(14-18)29(39)40-30(3,4)5)20-8-10-32-21-13-19(41-26(20)21)15-36-27(37)22-23(28(36)38)31(22,6)7/h8,10,12-13,18,22-23,34H,9,11,14-15H2,1-7H3. The second kappa shape index (κ2) is 9.51. The maximum atomic E-state index is 12.9. The zero-order valence-electron chi connectivity index (χ0n) is 24.7. The predicted octanol–water partition coefficient (Wildman–Crippen LogP) is 5.54. The third kappa shape index (κ3) is 4.86. The second-order valence-electron chi connectivity index (χ2n) is 13.2. The number of aryl methyl sites for hydroxylation is 2. The molecule has 216 valence electrons. The van der Waals surface area contributed by atoms with Gasteiger partial charge in [0, 0.05) is 41.5 Å². The van der Waals surface area contributed by atoms with Crippen LogP contribution in [-0.2, 0) is 20.9 Å². The Hall–Kier alpha value is -3.53. The topological polar surface area (TPSA) is 105 Å². The van der Waals surface area contributed by atoms with Crippen LogP contribution in [-0.4, -0.2) is 62.4 Å². The van der Waals surface area contributed by atoms with Gasteiger partial charge in [-0.1, -0.05) is 13.8 Å². The van der Waals surface area contributed by atoms with Crippen molar-refractivity contribution in [2.24, 2.45) is 17.3 Å². The molecule has 0 radical (unpaired) electrons. The van der Waals surface area contributed by atoms with E-state index in [0.29, 0.717) is 13.1 Å². The third-order valence-electron chi connectivity index (χ3n) is 8.46. The van der Waals surface area contributed by atoms with Crippen molar-refractivity contribution >= 4 is 45.1 Å². The molecule has 0 spiro atoms. The molecule has 2 aliphatic heterocycles. The second-order valence-corrected chi connectivity index (χ2v) is 14.3. The largest absolute Gasteiger partial charge is 0.444 e. The van der Waals surface area contributed by atoms with Gasteiger partial charge in [0.05, 0.1) is 40.0 Å². The average molecular weight is 576 g/mol. The lowest BCUT2D eigenvalue weighted by atomic mass is 10.0. The van der Waals surface area contributed by atoms with E-state index < -0.39 is 5.60 Å². The summed E-state index contributed by atoms with van der Waals surface area (Å²) in [5.74, 6) is -0.494. The van der Waals surface area contributed by atoms with Crippen molar-refractivity contribution in [3.63, 3.8) is 0 Å². The fourth-order valence-electron chi connectivity index (χ4n) is 6.36. The molecule has 1 aliphatic carbocycles. The van der Waals surface area contributed by atoms with Gasteiger partial charge in [-0.25, -0.2) is 4.79 Å². The molecule has 0 aromatic carbocycles. The van der Waals surface area contributed by atoms with Gasteiger partial charge in [0.25, 0.3) is 0 Å². The number of hydrogen-bond acceptors (Lipinski definition) is 8. The number of thiophene rings is 1. The van der Waals surface area contributed by atoms with Crippen molar-refractivity contribution in [2.75, 3.05) is 18.4 Å². The number of carbonyl (C=O) groups excluding carboxylic acids is 3. The van der Waals surface area contributed by atoms with Crippen LogP contribution in [0.4, 0.5) is 10.5 Å². The predicted molar refractivity (Wildman–Crippen MR) is 158 cm³/mol. The fraction of sp³-hybridized carbons (Fsp3) is 0.516. The number of imide groups is 1. The molecule has 41 heavy (non-hydrogen) atoms. The molecule has 3 amide bonds. The van der Waals surface area contributed by atoms with E-state index in [1.165, 1.54) is 4.90 Å². The molecule has 0 bridgehead atoms. The van der Waals surface area contributed by atoms with E-state index in [0.717, 1.165) is 49.7 Å². The van der Waals surface area contributed by atoms with E-state index >= 15 is 0 Å². The van der Waals surface area contributed by atoms with Gasteiger partial charge in [-0.2, -0.15) is 0 Å². The van der Waals surface area contributed by atoms with Crippen molar-refractivity contribution in [3.05, 3.63) is 40.5 Å². The lowest BCUT2D eigenvalue weighted by molar-refractivity contribution is -0.143. The van der Waals surface area contributed by atoms with Gasteiger partial charge < -0.3 is 15.0 Å². The quantitative estimate of drug-likeness (QED) is 0.399. The van der Waals surface area contributed by atoms with E-state index in [9.17, 15) is 14.4 Å². The molecule has 3 atom stereocenters. The van der Waals surface area contributed by atoms with Gasteiger partial charge in [0.15, 0.2) is 0 Å². The van der Waals surface area contributed by atoms with Crippen molar-refractivity contribution in [3.8, 4) is 11.3 Å². The fourth-order valence-corrected chi connectivity index (χ4v) is 7.47. The number of nitrogens with one attached hydrogen (secondary N) is 1. The molecule has 1 saturated carbocycles. The number of amides is 3. The first kappa shape index (κ1) is 27.6. The van der Waals surface area contributed by atoms with E-state index in [-0.39, 0.29) is 47.7 Å². The number of fused-ring (bicyclic) bond motifs is 2. The molecule has 3 fully saturated rings. The summed E-state index contributed by atoms with van der Waals surface area (Å²) in [6.45, 7) is 15.1. The maximum Gasteiger partial charge on any atom is 0.410 e. The van der Waals surface area contributed by atoms with Crippen LogP contribution >= 0.6 is 11.3 Å². The van der Waals surface area contributed by atoms with Crippen LogP contribution < -0.4 is 5.32 Å². The minimum Gasteiger partial charge on any atom is -0.444 e. The number of hydrogen-bond donors (Lipinski definition) is 1. The first-order chi connectivity index (χ1) is 19.2. The highest BCUT2D eigenvalue weighted by molar-refractivity contribution is 7.19. The molecule has 5 heterocycles. The number of aromatic nitrogens is 2. The van der Waals surface area contributed by atoms with Crippen molar-refractivity contribution in [2.45, 2.75) is 73.1 Å². The van der Waals surface area contributed by atoms with Crippen LogP contribution in [0.3, 0.4) is 0 Å². The number of carbonyl (C=O) groups is 3. The summed E-state index contributed by atoms with van der Waals surface area (Å²) in [4.78, 5) is 52.2. The smallest absolute Gasteiger partial charge is 0.410 e. The number of nitrogens with zero attached hydrogens (tertiary/aromatic N) is 4. The molecule has 3 aromatic rings. The Morgan fingerprint density at radius 2 is 1.88 bits per heavy atom. The molecular formula is C31H37N5O4S. The Balaban J connectivity index is 1.27. The zero-order valence-corrected chi connectivity index (χ0v) is 25.5. The summed E-state index contributed by atoms with van der Waals surface area (Å²) in [6, 6.07) is 6.07. The van der Waals surface area contributed by atoms with Crippen molar-refractivity contribution in [1.82, 2.24) is 19.8 Å². The monoisotopic (exact) mass is 575 g/mol. The SMILES string of the molecule is Cc1cc(C)c(NC2CCN(C(=O)OC(C)(C)C)C2)c(-c2ccnc3cc(CN4C(=O)C5C(C4=O)C5(C)C)sc23)n1. The lowest BCUT2D eigenvalue weighted by Crippen LogP contribution is -2.36. The minimum atomic E-state index is -0.536. The van der Waals surface area contributed by atoms with Gasteiger partial charge in [-0.15, -0.1) is 11.3 Å². The maximum absolute atomic E-state index is 12.9. The van der Waals surface area contributed by atoms with Crippen LogP contribution in [0.25, 0.3) is 21.5 Å². The van der Waals surface area contributed by atoms with Crippen LogP contribution in [0.1, 0.15) is 57.2 Å². The van der Waals surface area contributed by atoms with Crippen LogP contribution in [0, 0.1) is 31.1 Å². The summed E-state index contributed by atoms with van der Waals surface area (Å²) in [5, 5.41) is 3.69. The van der Waals surface area contributed by atoms with Crippen LogP contribution in [0.5, 0.6) is 0 Å². The normalized spacial score (nSPS) is 23.3.